The second-order valence-corrected chi connectivity index (χ2v) is 9.46. The molecular weight excluding hydrogens is 304 g/mol. The molecule has 0 saturated carbocycles. The van der Waals surface area contributed by atoms with Crippen LogP contribution in [0.25, 0.3) is 0 Å². The van der Waals surface area contributed by atoms with E-state index in [0.717, 1.165) is 6.26 Å². The van der Waals surface area contributed by atoms with Crippen LogP contribution in [0.2, 0.25) is 0 Å². The van der Waals surface area contributed by atoms with Crippen molar-refractivity contribution in [3.8, 4) is 0 Å². The monoisotopic (exact) mass is 332 g/mol. The first-order chi connectivity index (χ1) is 8.32. The van der Waals surface area contributed by atoms with Crippen molar-refractivity contribution < 1.29 is 21.6 Å². The third-order valence-corrected chi connectivity index (χ3v) is 5.85. The van der Waals surface area contributed by atoms with Crippen LogP contribution < -0.4 is 11.5 Å². The van der Waals surface area contributed by atoms with E-state index in [4.69, 9.17) is 11.5 Å². The fourth-order valence-electron chi connectivity index (χ4n) is 0.883. The van der Waals surface area contributed by atoms with Gasteiger partial charge in [-0.2, -0.15) is 0 Å². The number of nitrogens with two attached hydrogens (primary N) is 2. The second kappa shape index (κ2) is 10.1. The smallest absolute Gasteiger partial charge is 0.218 e. The van der Waals surface area contributed by atoms with Crippen molar-refractivity contribution in [2.45, 2.75) is 44.6 Å². The van der Waals surface area contributed by atoms with Gasteiger partial charge in [-0.05, 0) is 26.8 Å². The van der Waals surface area contributed by atoms with E-state index in [1.165, 1.54) is 13.2 Å². The second-order valence-electron chi connectivity index (χ2n) is 4.53. The molecule has 0 aromatic rings. The van der Waals surface area contributed by atoms with E-state index in [9.17, 15) is 21.6 Å². The van der Waals surface area contributed by atoms with Crippen LogP contribution in [-0.2, 0) is 24.5 Å². The maximum absolute atomic E-state index is 10.7. The Morgan fingerprint density at radius 1 is 1.00 bits per heavy atom. The number of primary amides is 1. The van der Waals surface area contributed by atoms with E-state index in [1.807, 2.05) is 0 Å². The topological polar surface area (TPSA) is 137 Å². The van der Waals surface area contributed by atoms with Crippen LogP contribution in [0, 0.1) is 0 Å². The zero-order valence-electron chi connectivity index (χ0n) is 11.8. The first-order valence-corrected chi connectivity index (χ1v) is 9.59. The quantitative estimate of drug-likeness (QED) is 0.685. The van der Waals surface area contributed by atoms with Gasteiger partial charge in [-0.15, -0.1) is 0 Å². The van der Waals surface area contributed by atoms with Gasteiger partial charge in [0.25, 0.3) is 0 Å². The lowest BCUT2D eigenvalue weighted by atomic mass is 10.3. The van der Waals surface area contributed by atoms with E-state index in [2.05, 4.69) is 0 Å². The Labute approximate surface area is 122 Å². The van der Waals surface area contributed by atoms with E-state index in [1.54, 1.807) is 6.92 Å². The van der Waals surface area contributed by atoms with Crippen molar-refractivity contribution in [2.75, 3.05) is 19.1 Å². The summed E-state index contributed by atoms with van der Waals surface area (Å²) in [5.41, 5.74) is 9.95. The van der Waals surface area contributed by atoms with Crippen LogP contribution in [-0.4, -0.2) is 52.3 Å². The third kappa shape index (κ3) is 13.8. The van der Waals surface area contributed by atoms with Gasteiger partial charge < -0.3 is 11.5 Å². The van der Waals surface area contributed by atoms with Crippen LogP contribution in [0.1, 0.15) is 34.1 Å². The lowest BCUT2D eigenvalue weighted by Gasteiger charge is -2.05. The molecule has 0 spiro atoms. The summed E-state index contributed by atoms with van der Waals surface area (Å²) in [4.78, 5) is 10.2. The van der Waals surface area contributed by atoms with Gasteiger partial charge in [0.2, 0.25) is 5.91 Å². The minimum absolute atomic E-state index is 0. The minimum atomic E-state index is -3.10. The van der Waals surface area contributed by atoms with Gasteiger partial charge in [0.05, 0.1) is 10.5 Å². The summed E-state index contributed by atoms with van der Waals surface area (Å²) >= 11 is 0. The lowest BCUT2D eigenvalue weighted by Crippen LogP contribution is -2.24. The van der Waals surface area contributed by atoms with Gasteiger partial charge in [-0.1, -0.05) is 7.43 Å². The molecule has 0 fully saturated rings. The fraction of sp³-hybridized carbons (Fsp3) is 0.909. The molecule has 0 aliphatic heterocycles. The highest BCUT2D eigenvalue weighted by atomic mass is 32.2. The average molecular weight is 332 g/mol. The van der Waals surface area contributed by atoms with Crippen molar-refractivity contribution in [2.24, 2.45) is 11.5 Å². The molecule has 0 aliphatic carbocycles. The Morgan fingerprint density at radius 3 is 1.45 bits per heavy atom. The molecule has 0 radical (unpaired) electrons. The van der Waals surface area contributed by atoms with Crippen LogP contribution in [0.4, 0.5) is 0 Å². The van der Waals surface area contributed by atoms with Gasteiger partial charge in [0.1, 0.15) is 9.84 Å². The molecule has 0 rings (SSSR count). The van der Waals surface area contributed by atoms with E-state index in [-0.39, 0.29) is 19.1 Å². The normalized spacial score (nSPS) is 14.2. The molecule has 9 heteroatoms. The number of carbonyl (C=O) groups is 1. The van der Waals surface area contributed by atoms with Crippen molar-refractivity contribution in [1.29, 1.82) is 0 Å². The number of carbonyl (C=O) groups excluding carboxylic acids is 1. The van der Waals surface area contributed by atoms with Crippen LogP contribution in [0.15, 0.2) is 0 Å². The van der Waals surface area contributed by atoms with Crippen molar-refractivity contribution in [3.63, 3.8) is 0 Å². The molecule has 0 aromatic carbocycles. The molecule has 0 aromatic heterocycles. The summed E-state index contributed by atoms with van der Waals surface area (Å²) in [5, 5.41) is -0.951. The van der Waals surface area contributed by atoms with Gasteiger partial charge in [-0.25, -0.2) is 16.8 Å². The SMILES string of the molecule is C.CC(CC(N)=O)S(C)(=O)=O.CC(CCN)S(C)(=O)=O. The highest BCUT2D eigenvalue weighted by Crippen LogP contribution is 2.01. The van der Waals surface area contributed by atoms with E-state index in [0.29, 0.717) is 13.0 Å². The standard InChI is InChI=1S/C5H11NO3S.C5H13NO2S.CH4/c1-4(3-5(6)7)10(2,8)9;1-5(3-4-6)9(2,7)8;/h4H,3H2,1-2H3,(H2,6,7);5H,3-4,6H2,1-2H3;1H4. The predicted octanol–water partition coefficient (Wildman–Crippen LogP) is -0.301. The summed E-state index contributed by atoms with van der Waals surface area (Å²) in [6.45, 7) is 3.57. The zero-order valence-corrected chi connectivity index (χ0v) is 13.4. The number of rotatable bonds is 6. The zero-order chi connectivity index (χ0) is 15.9. The Morgan fingerprint density at radius 2 is 1.35 bits per heavy atom. The van der Waals surface area contributed by atoms with Gasteiger partial charge in [0.15, 0.2) is 9.84 Å². The molecule has 20 heavy (non-hydrogen) atoms. The maximum atomic E-state index is 10.7. The van der Waals surface area contributed by atoms with Crippen LogP contribution >= 0.6 is 0 Å². The summed E-state index contributed by atoms with van der Waals surface area (Å²) in [6.07, 6.45) is 2.77. The lowest BCUT2D eigenvalue weighted by molar-refractivity contribution is -0.117. The molecule has 0 aliphatic rings. The summed E-state index contributed by atoms with van der Waals surface area (Å²) < 4.78 is 42.6. The Hall–Kier alpha value is -0.670. The predicted molar refractivity (Wildman–Crippen MR) is 82.8 cm³/mol. The highest BCUT2D eigenvalue weighted by Gasteiger charge is 2.16. The number of amides is 1. The van der Waals surface area contributed by atoms with Crippen molar-refractivity contribution in [3.05, 3.63) is 0 Å². The Balaban J connectivity index is -0.000000277. The molecule has 2 atom stereocenters. The largest absolute Gasteiger partial charge is 0.370 e. The van der Waals surface area contributed by atoms with Crippen molar-refractivity contribution in [1.82, 2.24) is 0 Å². The van der Waals surface area contributed by atoms with Crippen LogP contribution in [0.5, 0.6) is 0 Å². The first-order valence-electron chi connectivity index (χ1n) is 5.68. The van der Waals surface area contributed by atoms with Crippen molar-refractivity contribution >= 4 is 25.6 Å². The van der Waals surface area contributed by atoms with E-state index < -0.39 is 30.8 Å². The molecular formula is C11H28N2O5S2. The summed E-state index contributed by atoms with van der Waals surface area (Å²) in [7, 11) is -5.94. The Bertz CT molecular complexity index is 471. The molecule has 0 saturated heterocycles. The molecule has 124 valence electrons. The third-order valence-electron chi connectivity index (χ3n) is 2.52. The molecule has 0 heterocycles. The average Bonchev–Trinajstić information content (AvgIpc) is 2.15. The maximum Gasteiger partial charge on any atom is 0.218 e. The fourth-order valence-corrected chi connectivity index (χ4v) is 1.91. The minimum Gasteiger partial charge on any atom is -0.370 e. The van der Waals surface area contributed by atoms with Crippen LogP contribution in [0.3, 0.4) is 0 Å². The number of sulfone groups is 2. The van der Waals surface area contributed by atoms with E-state index >= 15 is 0 Å². The summed E-state index contributed by atoms with van der Waals surface area (Å²) in [6, 6.07) is 0. The number of hydrogen-bond donors (Lipinski definition) is 2. The molecule has 7 nitrogen and oxygen atoms in total. The Kier molecular flexibility index (Phi) is 12.3. The summed E-state index contributed by atoms with van der Waals surface area (Å²) in [5.74, 6) is -0.585. The molecule has 0 bridgehead atoms. The molecule has 4 N–H and O–H groups in total. The first kappa shape index (κ1) is 24.4. The van der Waals surface area contributed by atoms with Gasteiger partial charge in [-0.3, -0.25) is 4.79 Å². The number of hydrogen-bond acceptors (Lipinski definition) is 6. The highest BCUT2D eigenvalue weighted by molar-refractivity contribution is 7.91. The molecule has 2 unspecified atom stereocenters. The molecule has 1 amide bonds. The van der Waals surface area contributed by atoms with Gasteiger partial charge in [0, 0.05) is 18.9 Å². The van der Waals surface area contributed by atoms with Gasteiger partial charge >= 0.3 is 0 Å².